The van der Waals surface area contributed by atoms with Gasteiger partial charge in [-0.05, 0) is 56.3 Å². The molecule has 0 aromatic rings. The standard InChI is InChI=1S/C13H23NO/c1-2-12(1)14-10-13(5-6-13)9-11-3-7-15-8-4-11/h11-12,14H,1-10H2. The topological polar surface area (TPSA) is 21.3 Å². The zero-order chi connectivity index (χ0) is 10.1. The molecule has 86 valence electrons. The van der Waals surface area contributed by atoms with Crippen LogP contribution in [0.15, 0.2) is 0 Å². The van der Waals surface area contributed by atoms with Crippen molar-refractivity contribution in [3.05, 3.63) is 0 Å². The van der Waals surface area contributed by atoms with E-state index in [4.69, 9.17) is 4.74 Å². The van der Waals surface area contributed by atoms with Gasteiger partial charge in [0.15, 0.2) is 0 Å². The molecule has 0 spiro atoms. The molecule has 3 aliphatic rings. The zero-order valence-electron chi connectivity index (χ0n) is 9.63. The highest BCUT2D eigenvalue weighted by Crippen LogP contribution is 2.51. The molecular formula is C13H23NO. The van der Waals surface area contributed by atoms with Crippen LogP contribution in [-0.2, 0) is 4.74 Å². The van der Waals surface area contributed by atoms with Gasteiger partial charge in [0.25, 0.3) is 0 Å². The molecule has 0 bridgehead atoms. The minimum Gasteiger partial charge on any atom is -0.381 e. The first-order chi connectivity index (χ1) is 7.36. The molecule has 1 N–H and O–H groups in total. The lowest BCUT2D eigenvalue weighted by Crippen LogP contribution is -2.29. The number of hydrogen-bond donors (Lipinski definition) is 1. The summed E-state index contributed by atoms with van der Waals surface area (Å²) in [6, 6.07) is 0.886. The van der Waals surface area contributed by atoms with Crippen LogP contribution in [-0.4, -0.2) is 25.8 Å². The van der Waals surface area contributed by atoms with Gasteiger partial charge < -0.3 is 10.1 Å². The Morgan fingerprint density at radius 2 is 1.80 bits per heavy atom. The largest absolute Gasteiger partial charge is 0.381 e. The second kappa shape index (κ2) is 4.06. The lowest BCUT2D eigenvalue weighted by molar-refractivity contribution is 0.0568. The molecule has 0 amide bonds. The molecule has 2 nitrogen and oxygen atoms in total. The van der Waals surface area contributed by atoms with Crippen molar-refractivity contribution in [3.63, 3.8) is 0 Å². The second-order valence-electron chi connectivity index (χ2n) is 5.92. The minimum absolute atomic E-state index is 0.713. The third kappa shape index (κ3) is 2.73. The summed E-state index contributed by atoms with van der Waals surface area (Å²) in [6.07, 6.45) is 9.89. The van der Waals surface area contributed by atoms with Crippen LogP contribution in [0.25, 0.3) is 0 Å². The summed E-state index contributed by atoms with van der Waals surface area (Å²) in [7, 11) is 0. The predicted molar refractivity (Wildman–Crippen MR) is 60.9 cm³/mol. The van der Waals surface area contributed by atoms with Gasteiger partial charge in [-0.15, -0.1) is 0 Å². The van der Waals surface area contributed by atoms with Crippen molar-refractivity contribution in [2.75, 3.05) is 19.8 Å². The van der Waals surface area contributed by atoms with Gasteiger partial charge in [-0.1, -0.05) is 0 Å². The summed E-state index contributed by atoms with van der Waals surface area (Å²) < 4.78 is 5.43. The number of nitrogens with one attached hydrogen (secondary N) is 1. The molecule has 0 radical (unpaired) electrons. The highest BCUT2D eigenvalue weighted by atomic mass is 16.5. The van der Waals surface area contributed by atoms with Crippen molar-refractivity contribution in [1.29, 1.82) is 0 Å². The molecule has 15 heavy (non-hydrogen) atoms. The Balaban J connectivity index is 1.43. The molecule has 1 saturated heterocycles. The Labute approximate surface area is 92.8 Å². The summed E-state index contributed by atoms with van der Waals surface area (Å²) in [6.45, 7) is 3.32. The van der Waals surface area contributed by atoms with E-state index in [1.54, 1.807) is 0 Å². The van der Waals surface area contributed by atoms with E-state index in [1.807, 2.05) is 0 Å². The van der Waals surface area contributed by atoms with Gasteiger partial charge in [-0.3, -0.25) is 0 Å². The summed E-state index contributed by atoms with van der Waals surface area (Å²) >= 11 is 0. The summed E-state index contributed by atoms with van der Waals surface area (Å²) in [5, 5.41) is 3.72. The van der Waals surface area contributed by atoms with Crippen LogP contribution in [0.3, 0.4) is 0 Å². The fourth-order valence-electron chi connectivity index (χ4n) is 2.84. The number of hydrogen-bond acceptors (Lipinski definition) is 2. The first kappa shape index (κ1) is 10.1. The lowest BCUT2D eigenvalue weighted by Gasteiger charge is -2.26. The average molecular weight is 209 g/mol. The summed E-state index contributed by atoms with van der Waals surface area (Å²) in [4.78, 5) is 0. The van der Waals surface area contributed by atoms with Crippen LogP contribution in [0.2, 0.25) is 0 Å². The Morgan fingerprint density at radius 3 is 2.40 bits per heavy atom. The third-order valence-electron chi connectivity index (χ3n) is 4.36. The molecule has 0 unspecified atom stereocenters. The first-order valence-corrected chi connectivity index (χ1v) is 6.68. The van der Waals surface area contributed by atoms with Crippen molar-refractivity contribution >= 4 is 0 Å². The van der Waals surface area contributed by atoms with Gasteiger partial charge in [-0.25, -0.2) is 0 Å². The van der Waals surface area contributed by atoms with E-state index < -0.39 is 0 Å². The molecule has 2 heteroatoms. The normalized spacial score (nSPS) is 30.4. The maximum Gasteiger partial charge on any atom is 0.0468 e. The van der Waals surface area contributed by atoms with Gasteiger partial charge >= 0.3 is 0 Å². The highest BCUT2D eigenvalue weighted by Gasteiger charge is 2.44. The van der Waals surface area contributed by atoms with E-state index >= 15 is 0 Å². The van der Waals surface area contributed by atoms with Crippen LogP contribution in [0, 0.1) is 11.3 Å². The van der Waals surface area contributed by atoms with Crippen molar-refractivity contribution < 1.29 is 4.74 Å². The lowest BCUT2D eigenvalue weighted by atomic mass is 9.87. The molecule has 1 aliphatic heterocycles. The molecule has 0 aromatic heterocycles. The Hall–Kier alpha value is -0.0800. The monoisotopic (exact) mass is 209 g/mol. The third-order valence-corrected chi connectivity index (χ3v) is 4.36. The molecule has 0 atom stereocenters. The molecule has 3 rings (SSSR count). The maximum atomic E-state index is 5.43. The molecule has 2 aliphatic carbocycles. The van der Waals surface area contributed by atoms with Crippen LogP contribution < -0.4 is 5.32 Å². The summed E-state index contributed by atoms with van der Waals surface area (Å²) in [5.74, 6) is 0.960. The van der Waals surface area contributed by atoms with E-state index in [9.17, 15) is 0 Å². The summed E-state index contributed by atoms with van der Waals surface area (Å²) in [5.41, 5.74) is 0.713. The molecular weight excluding hydrogens is 186 g/mol. The smallest absolute Gasteiger partial charge is 0.0468 e. The Kier molecular flexibility index (Phi) is 2.73. The minimum atomic E-state index is 0.713. The van der Waals surface area contributed by atoms with Gasteiger partial charge in [0.05, 0.1) is 0 Å². The van der Waals surface area contributed by atoms with E-state index in [0.29, 0.717) is 5.41 Å². The number of rotatable bonds is 5. The zero-order valence-corrected chi connectivity index (χ0v) is 9.63. The van der Waals surface area contributed by atoms with Gasteiger partial charge in [0.2, 0.25) is 0 Å². The molecule has 1 heterocycles. The fraction of sp³-hybridized carbons (Fsp3) is 1.00. The van der Waals surface area contributed by atoms with E-state index in [-0.39, 0.29) is 0 Å². The van der Waals surface area contributed by atoms with Crippen LogP contribution >= 0.6 is 0 Å². The van der Waals surface area contributed by atoms with Crippen molar-refractivity contribution in [2.24, 2.45) is 11.3 Å². The molecule has 0 aromatic carbocycles. The average Bonchev–Trinajstić information content (AvgIpc) is 3.13. The van der Waals surface area contributed by atoms with E-state index in [2.05, 4.69) is 5.32 Å². The highest BCUT2D eigenvalue weighted by molar-refractivity contribution is 4.98. The van der Waals surface area contributed by atoms with Gasteiger partial charge in [0, 0.05) is 25.8 Å². The van der Waals surface area contributed by atoms with Gasteiger partial charge in [0.1, 0.15) is 0 Å². The molecule has 2 saturated carbocycles. The van der Waals surface area contributed by atoms with Gasteiger partial charge in [-0.2, -0.15) is 0 Å². The van der Waals surface area contributed by atoms with E-state index in [0.717, 1.165) is 25.2 Å². The predicted octanol–water partition coefficient (Wildman–Crippen LogP) is 2.34. The maximum absolute atomic E-state index is 5.43. The SMILES string of the molecule is C1CC(CC2(CNC3CC3)CC2)CCO1. The second-order valence-corrected chi connectivity index (χ2v) is 5.92. The van der Waals surface area contributed by atoms with Crippen molar-refractivity contribution in [2.45, 2.75) is 51.0 Å². The van der Waals surface area contributed by atoms with Crippen LogP contribution in [0.5, 0.6) is 0 Å². The Morgan fingerprint density at radius 1 is 1.07 bits per heavy atom. The first-order valence-electron chi connectivity index (χ1n) is 6.68. The molecule has 3 fully saturated rings. The van der Waals surface area contributed by atoms with E-state index in [1.165, 1.54) is 51.5 Å². The van der Waals surface area contributed by atoms with Crippen molar-refractivity contribution in [1.82, 2.24) is 5.32 Å². The number of ether oxygens (including phenoxy) is 1. The quantitative estimate of drug-likeness (QED) is 0.750. The Bertz CT molecular complexity index is 215. The van der Waals surface area contributed by atoms with Crippen molar-refractivity contribution in [3.8, 4) is 0 Å². The van der Waals surface area contributed by atoms with Crippen LogP contribution in [0.4, 0.5) is 0 Å². The van der Waals surface area contributed by atoms with Crippen LogP contribution in [0.1, 0.15) is 44.9 Å². The fourth-order valence-corrected chi connectivity index (χ4v) is 2.84.